The van der Waals surface area contributed by atoms with Crippen LogP contribution in [0.15, 0.2) is 18.2 Å². The molecule has 0 bridgehead atoms. The van der Waals surface area contributed by atoms with Crippen LogP contribution >= 0.6 is 0 Å². The van der Waals surface area contributed by atoms with Gasteiger partial charge in [0.2, 0.25) is 5.91 Å². The van der Waals surface area contributed by atoms with E-state index in [-0.39, 0.29) is 16.5 Å². The largest absolute Gasteiger partial charge is 0.353 e. The lowest BCUT2D eigenvalue weighted by Gasteiger charge is -2.06. The van der Waals surface area contributed by atoms with Crippen LogP contribution in [-0.2, 0) is 11.3 Å². The van der Waals surface area contributed by atoms with E-state index in [4.69, 9.17) is 0 Å². The number of benzene rings is 1. The number of nitro groups is 1. The number of carbonyl (C=O) groups is 1. The zero-order valence-corrected chi connectivity index (χ0v) is 12.2. The summed E-state index contributed by atoms with van der Waals surface area (Å²) in [7, 11) is 0. The molecule has 0 atom stereocenters. The van der Waals surface area contributed by atoms with E-state index in [1.165, 1.54) is 0 Å². The minimum atomic E-state index is -0.360. The van der Waals surface area contributed by atoms with Gasteiger partial charge in [-0.25, -0.2) is 0 Å². The number of carbonyl (C=O) groups excluding carboxylic acids is 1. The van der Waals surface area contributed by atoms with Crippen LogP contribution < -0.4 is 10.6 Å². The first-order chi connectivity index (χ1) is 10.1. The summed E-state index contributed by atoms with van der Waals surface area (Å²) in [5.74, 6) is 0.116. The Kier molecular flexibility index (Phi) is 5.27. The van der Waals surface area contributed by atoms with Gasteiger partial charge in [0.25, 0.3) is 5.69 Å². The summed E-state index contributed by atoms with van der Waals surface area (Å²) in [6.45, 7) is 3.03. The van der Waals surface area contributed by atoms with E-state index in [9.17, 15) is 14.9 Å². The lowest BCUT2D eigenvalue weighted by Crippen LogP contribution is -2.26. The van der Waals surface area contributed by atoms with Gasteiger partial charge in [0, 0.05) is 30.6 Å². The van der Waals surface area contributed by atoms with E-state index >= 15 is 0 Å². The normalized spacial score (nSPS) is 14.0. The molecule has 1 aromatic carbocycles. The standard InChI is InChI=1S/C15H21N3O3/c1-11-4-5-12(9-14(11)18(20)21)10-16-8-2-3-15(19)17-13-6-7-13/h4-5,9,13,16H,2-3,6-8,10H2,1H3,(H,17,19). The first-order valence-corrected chi connectivity index (χ1v) is 7.30. The Labute approximate surface area is 124 Å². The van der Waals surface area contributed by atoms with Crippen LogP contribution in [0.2, 0.25) is 0 Å². The van der Waals surface area contributed by atoms with Crippen LogP contribution in [0.3, 0.4) is 0 Å². The molecule has 6 heteroatoms. The van der Waals surface area contributed by atoms with Crippen LogP contribution in [0.1, 0.15) is 36.8 Å². The maximum atomic E-state index is 11.5. The molecule has 0 radical (unpaired) electrons. The molecule has 1 aromatic rings. The Balaban J connectivity index is 1.67. The molecule has 1 fully saturated rings. The second-order valence-electron chi connectivity index (χ2n) is 5.50. The first-order valence-electron chi connectivity index (χ1n) is 7.30. The number of nitrogens with one attached hydrogen (secondary N) is 2. The topological polar surface area (TPSA) is 84.3 Å². The number of hydrogen-bond donors (Lipinski definition) is 2. The quantitative estimate of drug-likeness (QED) is 0.436. The predicted molar refractivity (Wildman–Crippen MR) is 79.9 cm³/mol. The Bertz CT molecular complexity index is 527. The molecule has 6 nitrogen and oxygen atoms in total. The molecule has 1 saturated carbocycles. The minimum Gasteiger partial charge on any atom is -0.353 e. The SMILES string of the molecule is Cc1ccc(CNCCCC(=O)NC2CC2)cc1[N+](=O)[O-]. The van der Waals surface area contributed by atoms with Crippen LogP contribution in [0.5, 0.6) is 0 Å². The summed E-state index contributed by atoms with van der Waals surface area (Å²) in [5, 5.41) is 17.0. The van der Waals surface area contributed by atoms with E-state index < -0.39 is 0 Å². The summed E-state index contributed by atoms with van der Waals surface area (Å²) < 4.78 is 0. The van der Waals surface area contributed by atoms with Crippen molar-refractivity contribution < 1.29 is 9.72 Å². The monoisotopic (exact) mass is 291 g/mol. The molecule has 2 rings (SSSR count). The van der Waals surface area contributed by atoms with Gasteiger partial charge in [-0.15, -0.1) is 0 Å². The van der Waals surface area contributed by atoms with Crippen LogP contribution in [0.4, 0.5) is 5.69 Å². The van der Waals surface area contributed by atoms with Crippen molar-refractivity contribution >= 4 is 11.6 Å². The fraction of sp³-hybridized carbons (Fsp3) is 0.533. The maximum absolute atomic E-state index is 11.5. The molecule has 0 aliphatic heterocycles. The van der Waals surface area contributed by atoms with Crippen molar-refractivity contribution in [3.05, 3.63) is 39.4 Å². The number of nitro benzene ring substituents is 1. The highest BCUT2D eigenvalue weighted by Crippen LogP contribution is 2.19. The van der Waals surface area contributed by atoms with Gasteiger partial charge in [-0.2, -0.15) is 0 Å². The molecule has 1 aliphatic carbocycles. The van der Waals surface area contributed by atoms with Crippen molar-refractivity contribution in [2.45, 2.75) is 45.2 Å². The lowest BCUT2D eigenvalue weighted by molar-refractivity contribution is -0.385. The molecular formula is C15H21N3O3. The zero-order chi connectivity index (χ0) is 15.2. The maximum Gasteiger partial charge on any atom is 0.272 e. The first kappa shape index (κ1) is 15.4. The third-order valence-corrected chi connectivity index (χ3v) is 3.50. The summed E-state index contributed by atoms with van der Waals surface area (Å²) in [5.41, 5.74) is 1.70. The number of nitrogens with zero attached hydrogens (tertiary/aromatic N) is 1. The average Bonchev–Trinajstić information content (AvgIpc) is 3.23. The number of hydrogen-bond acceptors (Lipinski definition) is 4. The van der Waals surface area contributed by atoms with Crippen molar-refractivity contribution in [2.24, 2.45) is 0 Å². The van der Waals surface area contributed by atoms with Gasteiger partial charge in [0.1, 0.15) is 0 Å². The van der Waals surface area contributed by atoms with Crippen molar-refractivity contribution in [1.82, 2.24) is 10.6 Å². The summed E-state index contributed by atoms with van der Waals surface area (Å²) in [6.07, 6.45) is 3.51. The highest BCUT2D eigenvalue weighted by molar-refractivity contribution is 5.76. The fourth-order valence-electron chi connectivity index (χ4n) is 2.10. The molecule has 0 heterocycles. The van der Waals surface area contributed by atoms with E-state index in [0.29, 0.717) is 24.6 Å². The second kappa shape index (κ2) is 7.17. The number of rotatable bonds is 8. The Morgan fingerprint density at radius 2 is 2.19 bits per heavy atom. The molecule has 1 aliphatic rings. The van der Waals surface area contributed by atoms with Gasteiger partial charge in [-0.1, -0.05) is 12.1 Å². The predicted octanol–water partition coefficient (Wildman–Crippen LogP) is 2.05. The third kappa shape index (κ3) is 5.15. The van der Waals surface area contributed by atoms with Gasteiger partial charge < -0.3 is 10.6 Å². The van der Waals surface area contributed by atoms with Crippen molar-refractivity contribution in [1.29, 1.82) is 0 Å². The lowest BCUT2D eigenvalue weighted by atomic mass is 10.1. The van der Waals surface area contributed by atoms with Gasteiger partial charge in [-0.3, -0.25) is 14.9 Å². The van der Waals surface area contributed by atoms with Crippen molar-refractivity contribution in [3.8, 4) is 0 Å². The minimum absolute atomic E-state index is 0.116. The Hall–Kier alpha value is -1.95. The fourth-order valence-corrected chi connectivity index (χ4v) is 2.10. The molecule has 114 valence electrons. The number of aryl methyl sites for hydroxylation is 1. The summed E-state index contributed by atoms with van der Waals surface area (Å²) in [6, 6.07) is 5.66. The molecule has 2 N–H and O–H groups in total. The zero-order valence-electron chi connectivity index (χ0n) is 12.2. The third-order valence-electron chi connectivity index (χ3n) is 3.50. The van der Waals surface area contributed by atoms with E-state index in [0.717, 1.165) is 31.4 Å². The molecule has 0 aromatic heterocycles. The van der Waals surface area contributed by atoms with Crippen LogP contribution in [0.25, 0.3) is 0 Å². The van der Waals surface area contributed by atoms with Crippen molar-refractivity contribution in [3.63, 3.8) is 0 Å². The Morgan fingerprint density at radius 3 is 2.86 bits per heavy atom. The van der Waals surface area contributed by atoms with Gasteiger partial charge in [0.15, 0.2) is 0 Å². The molecule has 0 spiro atoms. The second-order valence-corrected chi connectivity index (χ2v) is 5.50. The summed E-state index contributed by atoms with van der Waals surface area (Å²) in [4.78, 5) is 22.0. The Morgan fingerprint density at radius 1 is 1.43 bits per heavy atom. The highest BCUT2D eigenvalue weighted by Gasteiger charge is 2.22. The summed E-state index contributed by atoms with van der Waals surface area (Å²) >= 11 is 0. The van der Waals surface area contributed by atoms with Crippen molar-refractivity contribution in [2.75, 3.05) is 6.54 Å². The molecule has 0 unspecified atom stereocenters. The van der Waals surface area contributed by atoms with Gasteiger partial charge in [-0.05, 0) is 38.3 Å². The molecule has 1 amide bonds. The molecular weight excluding hydrogens is 270 g/mol. The number of amides is 1. The van der Waals surface area contributed by atoms with Crippen LogP contribution in [0, 0.1) is 17.0 Å². The van der Waals surface area contributed by atoms with E-state index in [2.05, 4.69) is 10.6 Å². The van der Waals surface area contributed by atoms with Gasteiger partial charge >= 0.3 is 0 Å². The molecule has 21 heavy (non-hydrogen) atoms. The smallest absolute Gasteiger partial charge is 0.272 e. The van der Waals surface area contributed by atoms with E-state index in [1.54, 1.807) is 19.1 Å². The van der Waals surface area contributed by atoms with E-state index in [1.807, 2.05) is 6.07 Å². The van der Waals surface area contributed by atoms with Gasteiger partial charge in [0.05, 0.1) is 4.92 Å². The highest BCUT2D eigenvalue weighted by atomic mass is 16.6. The average molecular weight is 291 g/mol. The van der Waals surface area contributed by atoms with Crippen LogP contribution in [-0.4, -0.2) is 23.4 Å². The molecule has 0 saturated heterocycles.